The van der Waals surface area contributed by atoms with Gasteiger partial charge in [-0.1, -0.05) is 0 Å². The van der Waals surface area contributed by atoms with E-state index < -0.39 is 39.2 Å². The maximum absolute atomic E-state index is 12.9. The zero-order chi connectivity index (χ0) is 13.2. The highest BCUT2D eigenvalue weighted by atomic mass is 28.4. The minimum absolute atomic E-state index is 0.336. The summed E-state index contributed by atoms with van der Waals surface area (Å²) in [5.74, 6) is -1.58. The minimum atomic E-state index is -1.95. The molecular formula is C10H18FNO4Si. The zero-order valence-corrected chi connectivity index (χ0v) is 11.5. The summed E-state index contributed by atoms with van der Waals surface area (Å²) in [6.45, 7) is 6.21. The second kappa shape index (κ2) is 5.13. The van der Waals surface area contributed by atoms with Gasteiger partial charge in [0, 0.05) is 6.92 Å². The highest BCUT2D eigenvalue weighted by Crippen LogP contribution is 2.25. The van der Waals surface area contributed by atoms with Crippen molar-refractivity contribution in [3.63, 3.8) is 0 Å². The molecule has 1 unspecified atom stereocenters. The predicted molar refractivity (Wildman–Crippen MR) is 61.4 cm³/mol. The van der Waals surface area contributed by atoms with Crippen LogP contribution >= 0.6 is 0 Å². The Bertz CT molecular complexity index is 318. The predicted octanol–water partition coefficient (Wildman–Crippen LogP) is 0.811. The molecule has 1 aliphatic heterocycles. The topological polar surface area (TPSA) is 64.6 Å². The first-order valence-corrected chi connectivity index (χ1v) is 8.87. The van der Waals surface area contributed by atoms with Crippen molar-refractivity contribution in [3.05, 3.63) is 0 Å². The molecule has 1 amide bonds. The Labute approximate surface area is 101 Å². The molecule has 1 rings (SSSR count). The molecule has 0 aromatic carbocycles. The van der Waals surface area contributed by atoms with Crippen molar-refractivity contribution in [1.29, 1.82) is 0 Å². The van der Waals surface area contributed by atoms with Crippen LogP contribution < -0.4 is 5.32 Å². The molecule has 1 fully saturated rings. The average Bonchev–Trinajstić information content (AvgIpc) is 2.12. The Morgan fingerprint density at radius 1 is 1.53 bits per heavy atom. The fourth-order valence-electron chi connectivity index (χ4n) is 1.67. The molecule has 5 nitrogen and oxygen atoms in total. The summed E-state index contributed by atoms with van der Waals surface area (Å²) in [4.78, 5) is 22.2. The number of alkyl halides is 1. The van der Waals surface area contributed by atoms with Gasteiger partial charge in [0.15, 0.2) is 14.5 Å². The van der Waals surface area contributed by atoms with Crippen molar-refractivity contribution in [3.8, 4) is 0 Å². The minimum Gasteiger partial charge on any atom is -0.441 e. The van der Waals surface area contributed by atoms with Gasteiger partial charge in [-0.15, -0.1) is 0 Å². The first-order valence-electron chi connectivity index (χ1n) is 5.46. The van der Waals surface area contributed by atoms with Crippen LogP contribution in [0.15, 0.2) is 0 Å². The molecule has 1 saturated heterocycles. The summed E-state index contributed by atoms with van der Waals surface area (Å²) < 4.78 is 23.4. The lowest BCUT2D eigenvalue weighted by molar-refractivity contribution is -0.174. The molecular weight excluding hydrogens is 245 g/mol. The van der Waals surface area contributed by atoms with E-state index in [1.807, 2.05) is 19.6 Å². The molecule has 7 heteroatoms. The number of hydrogen-bond acceptors (Lipinski definition) is 4. The van der Waals surface area contributed by atoms with E-state index in [1.54, 1.807) is 0 Å². The summed E-state index contributed by atoms with van der Waals surface area (Å²) in [6.07, 6.45) is -1.60. The third-order valence-electron chi connectivity index (χ3n) is 2.26. The summed E-state index contributed by atoms with van der Waals surface area (Å²) in [5, 5.41) is 2.41. The third kappa shape index (κ3) is 3.78. The van der Waals surface area contributed by atoms with E-state index in [9.17, 15) is 14.0 Å². The standard InChI is InChI=1S/C10H18FNO4Si/c1-6(13)15-10-8(9(14)12-10)7(5-11)16-17(2,3)4/h7-8,10H,5H2,1-4H3,(H,12,14)/t7?,8-,10+/m1/s1. The Morgan fingerprint density at radius 2 is 2.12 bits per heavy atom. The molecule has 17 heavy (non-hydrogen) atoms. The van der Waals surface area contributed by atoms with Gasteiger partial charge in [-0.25, -0.2) is 4.39 Å². The van der Waals surface area contributed by atoms with Gasteiger partial charge in [-0.2, -0.15) is 0 Å². The van der Waals surface area contributed by atoms with Crippen LogP contribution in [0.1, 0.15) is 6.92 Å². The maximum atomic E-state index is 12.9. The Kier molecular flexibility index (Phi) is 4.26. The number of carbonyl (C=O) groups is 2. The van der Waals surface area contributed by atoms with E-state index in [4.69, 9.17) is 9.16 Å². The molecule has 3 atom stereocenters. The van der Waals surface area contributed by atoms with E-state index in [0.29, 0.717) is 0 Å². The molecule has 0 radical (unpaired) electrons. The van der Waals surface area contributed by atoms with Crippen LogP contribution in [0.3, 0.4) is 0 Å². The lowest BCUT2D eigenvalue weighted by Crippen LogP contribution is -2.65. The van der Waals surface area contributed by atoms with Crippen molar-refractivity contribution in [2.45, 2.75) is 38.9 Å². The van der Waals surface area contributed by atoms with Gasteiger partial charge in [-0.05, 0) is 19.6 Å². The fourth-order valence-corrected chi connectivity index (χ4v) is 2.79. The van der Waals surface area contributed by atoms with Crippen LogP contribution in [0, 0.1) is 5.92 Å². The van der Waals surface area contributed by atoms with Crippen LogP contribution in [-0.2, 0) is 18.8 Å². The second-order valence-electron chi connectivity index (χ2n) is 4.99. The van der Waals surface area contributed by atoms with Crippen LogP contribution in [-0.4, -0.2) is 39.2 Å². The van der Waals surface area contributed by atoms with Gasteiger partial charge in [0.2, 0.25) is 5.91 Å². The van der Waals surface area contributed by atoms with Crippen LogP contribution in [0.25, 0.3) is 0 Å². The number of ether oxygens (including phenoxy) is 1. The Balaban J connectivity index is 2.66. The number of rotatable bonds is 5. The molecule has 0 aromatic rings. The number of amides is 1. The molecule has 1 aliphatic rings. The highest BCUT2D eigenvalue weighted by molar-refractivity contribution is 6.69. The fraction of sp³-hybridized carbons (Fsp3) is 0.800. The van der Waals surface area contributed by atoms with Crippen LogP contribution in [0.4, 0.5) is 4.39 Å². The Morgan fingerprint density at radius 3 is 2.47 bits per heavy atom. The number of esters is 1. The van der Waals surface area contributed by atoms with Gasteiger partial charge in [0.1, 0.15) is 12.6 Å². The summed E-state index contributed by atoms with van der Waals surface area (Å²) >= 11 is 0. The smallest absolute Gasteiger partial charge is 0.304 e. The quantitative estimate of drug-likeness (QED) is 0.453. The second-order valence-corrected chi connectivity index (χ2v) is 9.45. The maximum Gasteiger partial charge on any atom is 0.304 e. The molecule has 98 valence electrons. The molecule has 0 aliphatic carbocycles. The first kappa shape index (κ1) is 14.1. The molecule has 1 heterocycles. The average molecular weight is 263 g/mol. The summed E-state index contributed by atoms with van der Waals surface area (Å²) in [5.41, 5.74) is 0. The van der Waals surface area contributed by atoms with E-state index in [0.717, 1.165) is 0 Å². The number of halogens is 1. The van der Waals surface area contributed by atoms with E-state index in [-0.39, 0.29) is 5.91 Å². The molecule has 0 spiro atoms. The SMILES string of the molecule is CC(=O)O[C@@H]1NC(=O)[C@H]1C(CF)O[Si](C)(C)C. The number of carbonyl (C=O) groups excluding carboxylic acids is 2. The van der Waals surface area contributed by atoms with E-state index >= 15 is 0 Å². The number of β-lactam (4-membered cyclic amide) rings is 1. The van der Waals surface area contributed by atoms with Gasteiger partial charge in [0.25, 0.3) is 0 Å². The summed E-state index contributed by atoms with van der Waals surface area (Å²) in [6, 6.07) is 0. The van der Waals surface area contributed by atoms with Gasteiger partial charge >= 0.3 is 5.97 Å². The number of hydrogen-bond donors (Lipinski definition) is 1. The Hall–Kier alpha value is -0.953. The number of nitrogens with one attached hydrogen (secondary N) is 1. The normalized spacial score (nSPS) is 25.8. The van der Waals surface area contributed by atoms with E-state index in [1.165, 1.54) is 6.92 Å². The van der Waals surface area contributed by atoms with Crippen LogP contribution in [0.2, 0.25) is 19.6 Å². The van der Waals surface area contributed by atoms with Crippen molar-refractivity contribution in [2.24, 2.45) is 5.92 Å². The third-order valence-corrected chi connectivity index (χ3v) is 3.27. The van der Waals surface area contributed by atoms with Crippen molar-refractivity contribution >= 4 is 20.2 Å². The van der Waals surface area contributed by atoms with Gasteiger partial charge in [-0.3, -0.25) is 9.59 Å². The molecule has 0 aromatic heterocycles. The van der Waals surface area contributed by atoms with Crippen LogP contribution in [0.5, 0.6) is 0 Å². The molecule has 1 N–H and O–H groups in total. The van der Waals surface area contributed by atoms with Crippen molar-refractivity contribution < 1.29 is 23.1 Å². The molecule has 0 saturated carbocycles. The lowest BCUT2D eigenvalue weighted by Gasteiger charge is -2.41. The molecule has 0 bridgehead atoms. The van der Waals surface area contributed by atoms with E-state index in [2.05, 4.69) is 5.32 Å². The van der Waals surface area contributed by atoms with Gasteiger partial charge < -0.3 is 14.5 Å². The summed E-state index contributed by atoms with van der Waals surface area (Å²) in [7, 11) is -1.95. The lowest BCUT2D eigenvalue weighted by atomic mass is 9.93. The highest BCUT2D eigenvalue weighted by Gasteiger charge is 2.48. The largest absolute Gasteiger partial charge is 0.441 e. The monoisotopic (exact) mass is 263 g/mol. The van der Waals surface area contributed by atoms with Crippen molar-refractivity contribution in [2.75, 3.05) is 6.67 Å². The van der Waals surface area contributed by atoms with Gasteiger partial charge in [0.05, 0.1) is 6.10 Å². The zero-order valence-electron chi connectivity index (χ0n) is 10.5. The first-order chi connectivity index (χ1) is 7.74. The van der Waals surface area contributed by atoms with Crippen molar-refractivity contribution in [1.82, 2.24) is 5.32 Å².